The van der Waals surface area contributed by atoms with Gasteiger partial charge in [-0.3, -0.25) is 10.1 Å². The Morgan fingerprint density at radius 1 is 1.40 bits per heavy atom. The van der Waals surface area contributed by atoms with E-state index in [9.17, 15) is 18.9 Å². The van der Waals surface area contributed by atoms with Crippen molar-refractivity contribution in [2.24, 2.45) is 0 Å². The summed E-state index contributed by atoms with van der Waals surface area (Å²) in [5.74, 6) is -1.81. The van der Waals surface area contributed by atoms with Gasteiger partial charge in [0.15, 0.2) is 0 Å². The first-order valence-corrected chi connectivity index (χ1v) is 3.89. The van der Waals surface area contributed by atoms with Crippen LogP contribution < -0.4 is 4.74 Å². The third-order valence-corrected chi connectivity index (χ3v) is 1.65. The van der Waals surface area contributed by atoms with E-state index in [1.807, 2.05) is 0 Å². The Labute approximate surface area is 83.9 Å². The van der Waals surface area contributed by atoms with Crippen molar-refractivity contribution in [2.45, 2.75) is 0 Å². The molecule has 0 spiro atoms. The fourth-order valence-electron chi connectivity index (χ4n) is 0.974. The van der Waals surface area contributed by atoms with Gasteiger partial charge in [0.1, 0.15) is 17.4 Å². The van der Waals surface area contributed by atoms with Gasteiger partial charge in [-0.1, -0.05) is 0 Å². The SMILES string of the molecule is COc1cc(F)c(C=C[N+](=O)[O-])c(F)c1. The molecule has 1 aromatic rings. The number of ether oxygens (including phenoxy) is 1. The first kappa shape index (κ1) is 11.1. The number of methoxy groups -OCH3 is 1. The van der Waals surface area contributed by atoms with Crippen molar-refractivity contribution in [1.82, 2.24) is 0 Å². The second-order valence-electron chi connectivity index (χ2n) is 2.61. The van der Waals surface area contributed by atoms with Crippen LogP contribution in [-0.4, -0.2) is 12.0 Å². The van der Waals surface area contributed by atoms with Crippen LogP contribution in [0.1, 0.15) is 5.56 Å². The molecule has 0 aromatic heterocycles. The predicted molar refractivity (Wildman–Crippen MR) is 48.9 cm³/mol. The van der Waals surface area contributed by atoms with E-state index in [1.165, 1.54) is 7.11 Å². The number of rotatable bonds is 3. The number of halogens is 2. The van der Waals surface area contributed by atoms with Gasteiger partial charge in [-0.05, 0) is 0 Å². The van der Waals surface area contributed by atoms with Crippen LogP contribution in [0.15, 0.2) is 18.3 Å². The van der Waals surface area contributed by atoms with Gasteiger partial charge in [0.05, 0.1) is 17.6 Å². The smallest absolute Gasteiger partial charge is 0.235 e. The zero-order chi connectivity index (χ0) is 11.4. The molecule has 0 amide bonds. The van der Waals surface area contributed by atoms with Crippen LogP contribution in [-0.2, 0) is 0 Å². The Bertz CT molecular complexity index is 395. The third-order valence-electron chi connectivity index (χ3n) is 1.65. The topological polar surface area (TPSA) is 52.4 Å². The lowest BCUT2D eigenvalue weighted by atomic mass is 10.2. The quantitative estimate of drug-likeness (QED) is 0.573. The summed E-state index contributed by atoms with van der Waals surface area (Å²) in [5.41, 5.74) is -0.465. The van der Waals surface area contributed by atoms with Gasteiger partial charge in [-0.25, -0.2) is 8.78 Å². The number of benzene rings is 1. The molecule has 0 aliphatic heterocycles. The summed E-state index contributed by atoms with van der Waals surface area (Å²) in [6, 6.07) is 1.89. The molecule has 1 rings (SSSR count). The summed E-state index contributed by atoms with van der Waals surface area (Å²) in [5, 5.41) is 9.97. The van der Waals surface area contributed by atoms with E-state index >= 15 is 0 Å². The minimum Gasteiger partial charge on any atom is -0.497 e. The summed E-state index contributed by atoms with van der Waals surface area (Å²) in [6.07, 6.45) is 1.22. The molecule has 0 aliphatic rings. The number of nitrogens with zero attached hydrogens (tertiary/aromatic N) is 1. The standard InChI is InChI=1S/C9H7F2NO3/c1-15-6-4-8(10)7(9(11)5-6)2-3-12(13)14/h2-5H,1H3. The van der Waals surface area contributed by atoms with E-state index in [4.69, 9.17) is 0 Å². The van der Waals surface area contributed by atoms with Crippen molar-refractivity contribution in [3.8, 4) is 5.75 Å². The summed E-state index contributed by atoms with van der Waals surface area (Å²) in [7, 11) is 1.26. The van der Waals surface area contributed by atoms with Crippen molar-refractivity contribution in [2.75, 3.05) is 7.11 Å². The molecule has 0 radical (unpaired) electrons. The third kappa shape index (κ3) is 2.73. The Hall–Kier alpha value is -1.98. The van der Waals surface area contributed by atoms with Crippen LogP contribution in [0.4, 0.5) is 8.78 Å². The minimum atomic E-state index is -0.912. The highest BCUT2D eigenvalue weighted by atomic mass is 19.1. The zero-order valence-electron chi connectivity index (χ0n) is 7.74. The Kier molecular flexibility index (Phi) is 3.33. The molecule has 0 bridgehead atoms. The summed E-state index contributed by atoms with van der Waals surface area (Å²) in [4.78, 5) is 9.17. The molecule has 0 atom stereocenters. The highest BCUT2D eigenvalue weighted by Gasteiger charge is 2.09. The Balaban J connectivity index is 3.14. The Morgan fingerprint density at radius 2 is 1.93 bits per heavy atom. The second kappa shape index (κ2) is 4.50. The van der Waals surface area contributed by atoms with Gasteiger partial charge >= 0.3 is 0 Å². The van der Waals surface area contributed by atoms with Gasteiger partial charge in [0, 0.05) is 18.2 Å². The van der Waals surface area contributed by atoms with Crippen molar-refractivity contribution in [3.05, 3.63) is 45.6 Å². The summed E-state index contributed by atoms with van der Waals surface area (Å²) >= 11 is 0. The first-order valence-electron chi connectivity index (χ1n) is 3.89. The fourth-order valence-corrected chi connectivity index (χ4v) is 0.974. The lowest BCUT2D eigenvalue weighted by Crippen LogP contribution is -1.93. The lowest BCUT2D eigenvalue weighted by molar-refractivity contribution is -0.401. The average molecular weight is 215 g/mol. The Morgan fingerprint density at radius 3 is 2.33 bits per heavy atom. The molecule has 6 heteroatoms. The summed E-state index contributed by atoms with van der Waals surface area (Å²) < 4.78 is 30.9. The van der Waals surface area contributed by atoms with Gasteiger partial charge in [0.2, 0.25) is 6.20 Å². The van der Waals surface area contributed by atoms with E-state index in [0.717, 1.165) is 18.2 Å². The molecular formula is C9H7F2NO3. The average Bonchev–Trinajstić information content (AvgIpc) is 2.15. The van der Waals surface area contributed by atoms with Gasteiger partial charge in [-0.2, -0.15) is 0 Å². The number of nitro groups is 1. The van der Waals surface area contributed by atoms with Crippen LogP contribution in [0.25, 0.3) is 6.08 Å². The van der Waals surface area contributed by atoms with E-state index < -0.39 is 22.1 Å². The normalized spacial score (nSPS) is 10.6. The second-order valence-corrected chi connectivity index (χ2v) is 2.61. The summed E-state index contributed by atoms with van der Waals surface area (Å²) in [6.45, 7) is 0. The van der Waals surface area contributed by atoms with Crippen LogP contribution in [0.5, 0.6) is 5.75 Å². The molecule has 80 valence electrons. The largest absolute Gasteiger partial charge is 0.497 e. The zero-order valence-corrected chi connectivity index (χ0v) is 7.74. The van der Waals surface area contributed by atoms with Crippen molar-refractivity contribution < 1.29 is 18.4 Å². The van der Waals surface area contributed by atoms with E-state index in [2.05, 4.69) is 4.74 Å². The van der Waals surface area contributed by atoms with E-state index in [-0.39, 0.29) is 5.75 Å². The molecule has 15 heavy (non-hydrogen) atoms. The van der Waals surface area contributed by atoms with Gasteiger partial charge in [0.25, 0.3) is 0 Å². The van der Waals surface area contributed by atoms with Gasteiger partial charge in [-0.15, -0.1) is 0 Å². The van der Waals surface area contributed by atoms with Crippen LogP contribution in [0, 0.1) is 21.7 Å². The van der Waals surface area contributed by atoms with Crippen molar-refractivity contribution in [1.29, 1.82) is 0 Å². The molecule has 0 aliphatic carbocycles. The molecule has 4 nitrogen and oxygen atoms in total. The first-order chi connectivity index (χ1) is 7.04. The molecule has 0 N–H and O–H groups in total. The van der Waals surface area contributed by atoms with Crippen molar-refractivity contribution >= 4 is 6.08 Å². The fraction of sp³-hybridized carbons (Fsp3) is 0.111. The molecule has 0 unspecified atom stereocenters. The van der Waals surface area contributed by atoms with Crippen LogP contribution in [0.2, 0.25) is 0 Å². The molecule has 0 heterocycles. The highest BCUT2D eigenvalue weighted by Crippen LogP contribution is 2.21. The number of hydrogen-bond donors (Lipinski definition) is 0. The molecule has 0 saturated heterocycles. The monoisotopic (exact) mass is 215 g/mol. The molecule has 0 fully saturated rings. The minimum absolute atomic E-state index is 0.0169. The van der Waals surface area contributed by atoms with Crippen LogP contribution in [0.3, 0.4) is 0 Å². The highest BCUT2D eigenvalue weighted by molar-refractivity contribution is 5.51. The van der Waals surface area contributed by atoms with Crippen LogP contribution >= 0.6 is 0 Å². The maximum atomic E-state index is 13.2. The van der Waals surface area contributed by atoms with Crippen molar-refractivity contribution in [3.63, 3.8) is 0 Å². The maximum Gasteiger partial charge on any atom is 0.235 e. The lowest BCUT2D eigenvalue weighted by Gasteiger charge is -2.02. The van der Waals surface area contributed by atoms with E-state index in [1.54, 1.807) is 0 Å². The maximum absolute atomic E-state index is 13.2. The number of hydrogen-bond acceptors (Lipinski definition) is 3. The predicted octanol–water partition coefficient (Wildman–Crippen LogP) is 2.22. The molecule has 1 aromatic carbocycles. The molecule has 0 saturated carbocycles. The molecular weight excluding hydrogens is 208 g/mol. The van der Waals surface area contributed by atoms with Gasteiger partial charge < -0.3 is 4.74 Å². The van der Waals surface area contributed by atoms with E-state index in [0.29, 0.717) is 6.20 Å².